The van der Waals surface area contributed by atoms with Gasteiger partial charge in [0.25, 0.3) is 0 Å². The third-order valence-electron chi connectivity index (χ3n) is 5.64. The lowest BCUT2D eigenvalue weighted by Crippen LogP contribution is -2.48. The molecule has 9 nitrogen and oxygen atoms in total. The van der Waals surface area contributed by atoms with E-state index >= 15 is 0 Å². The molecule has 0 radical (unpaired) electrons. The summed E-state index contributed by atoms with van der Waals surface area (Å²) in [7, 11) is 2.85. The first-order chi connectivity index (χ1) is 15.4. The first-order valence-corrected chi connectivity index (χ1v) is 11.7. The van der Waals surface area contributed by atoms with Crippen molar-refractivity contribution in [2.75, 3.05) is 27.3 Å². The minimum atomic E-state index is -0.698. The van der Waals surface area contributed by atoms with Crippen molar-refractivity contribution < 1.29 is 23.9 Å². The number of ether oxygens (including phenoxy) is 2. The maximum Gasteiger partial charge on any atom is 0.323 e. The molecule has 9 heteroatoms. The van der Waals surface area contributed by atoms with Crippen LogP contribution in [-0.4, -0.2) is 69.3 Å². The van der Waals surface area contributed by atoms with E-state index < -0.39 is 12.0 Å². The van der Waals surface area contributed by atoms with Gasteiger partial charge in [-0.1, -0.05) is 34.3 Å². The van der Waals surface area contributed by atoms with Gasteiger partial charge in [-0.2, -0.15) is 0 Å². The Hall–Kier alpha value is -2.13. The molecule has 192 valence electrons. The van der Waals surface area contributed by atoms with Crippen LogP contribution >= 0.6 is 0 Å². The molecule has 0 heterocycles. The summed E-state index contributed by atoms with van der Waals surface area (Å²) in [6.07, 6.45) is 1.95. The minimum Gasteiger partial charge on any atom is -0.500 e. The molecular weight excluding hydrogens is 424 g/mol. The highest BCUT2D eigenvalue weighted by atomic mass is 16.5. The molecule has 0 saturated carbocycles. The van der Waals surface area contributed by atoms with Crippen molar-refractivity contribution in [2.24, 2.45) is 5.41 Å². The van der Waals surface area contributed by atoms with Crippen LogP contribution in [0.5, 0.6) is 0 Å². The highest BCUT2D eigenvalue weighted by Gasteiger charge is 2.26. The van der Waals surface area contributed by atoms with E-state index in [0.717, 1.165) is 12.8 Å². The van der Waals surface area contributed by atoms with Gasteiger partial charge in [-0.3, -0.25) is 14.4 Å². The summed E-state index contributed by atoms with van der Waals surface area (Å²) >= 11 is 0. The monoisotopic (exact) mass is 470 g/mol. The van der Waals surface area contributed by atoms with E-state index in [9.17, 15) is 14.4 Å². The fraction of sp³-hybridized carbons (Fsp3) is 0.792. The van der Waals surface area contributed by atoms with E-state index in [1.54, 1.807) is 7.11 Å². The highest BCUT2D eigenvalue weighted by Crippen LogP contribution is 2.13. The van der Waals surface area contributed by atoms with Crippen LogP contribution in [0.1, 0.15) is 67.2 Å². The van der Waals surface area contributed by atoms with Crippen molar-refractivity contribution in [1.82, 2.24) is 21.3 Å². The van der Waals surface area contributed by atoms with Crippen molar-refractivity contribution >= 4 is 17.8 Å². The molecule has 0 aromatic rings. The smallest absolute Gasteiger partial charge is 0.323 e. The second kappa shape index (κ2) is 15.7. The van der Waals surface area contributed by atoms with E-state index in [1.165, 1.54) is 7.11 Å². The Bertz CT molecular complexity index is 586. The Balaban J connectivity index is 4.70. The molecule has 2 amide bonds. The molecule has 4 N–H and O–H groups in total. The average Bonchev–Trinajstić information content (AvgIpc) is 2.79. The third-order valence-corrected chi connectivity index (χ3v) is 5.64. The van der Waals surface area contributed by atoms with Crippen LogP contribution in [0.25, 0.3) is 0 Å². The van der Waals surface area contributed by atoms with Crippen LogP contribution in [0.15, 0.2) is 12.3 Å². The predicted octanol–water partition coefficient (Wildman–Crippen LogP) is 1.87. The largest absolute Gasteiger partial charge is 0.500 e. The molecule has 0 aliphatic rings. The number of carbonyl (C=O) groups excluding carboxylic acids is 3. The Morgan fingerprint density at radius 1 is 0.818 bits per heavy atom. The second-order valence-electron chi connectivity index (χ2n) is 9.38. The van der Waals surface area contributed by atoms with Gasteiger partial charge in [0, 0.05) is 31.6 Å². The number of methoxy groups -OCH3 is 2. The maximum atomic E-state index is 12.5. The lowest BCUT2D eigenvalue weighted by atomic mass is 9.93. The number of amides is 2. The summed E-state index contributed by atoms with van der Waals surface area (Å²) < 4.78 is 10.0. The topological polar surface area (TPSA) is 118 Å². The Morgan fingerprint density at radius 2 is 1.24 bits per heavy atom. The summed E-state index contributed by atoms with van der Waals surface area (Å²) in [6, 6.07) is -0.663. The Kier molecular flexibility index (Phi) is 14.7. The average molecular weight is 471 g/mol. The zero-order chi connectivity index (χ0) is 25.6. The van der Waals surface area contributed by atoms with Crippen molar-refractivity contribution in [3.05, 3.63) is 12.3 Å². The van der Waals surface area contributed by atoms with Crippen LogP contribution in [0.3, 0.4) is 0 Å². The molecule has 0 rings (SSSR count). The minimum absolute atomic E-state index is 0.0124. The summed E-state index contributed by atoms with van der Waals surface area (Å²) in [5.41, 5.74) is -0.381. The number of esters is 1. The van der Waals surface area contributed by atoms with E-state index in [4.69, 9.17) is 9.47 Å². The van der Waals surface area contributed by atoms with Crippen LogP contribution < -0.4 is 21.3 Å². The highest BCUT2D eigenvalue weighted by molar-refractivity contribution is 5.85. The summed E-state index contributed by atoms with van der Waals surface area (Å²) in [5, 5.41) is 12.3. The molecule has 0 fully saturated rings. The van der Waals surface area contributed by atoms with Gasteiger partial charge in [0.1, 0.15) is 11.8 Å². The Morgan fingerprint density at radius 3 is 1.64 bits per heavy atom. The quantitative estimate of drug-likeness (QED) is 0.189. The molecule has 33 heavy (non-hydrogen) atoms. The number of carbonyl (C=O) groups is 3. The molecular formula is C24H46N4O5. The predicted molar refractivity (Wildman–Crippen MR) is 131 cm³/mol. The van der Waals surface area contributed by atoms with Gasteiger partial charge < -0.3 is 30.7 Å². The fourth-order valence-corrected chi connectivity index (χ4v) is 2.94. The zero-order valence-electron chi connectivity index (χ0n) is 21.8. The summed E-state index contributed by atoms with van der Waals surface area (Å²) in [6.45, 7) is 16.6. The SMILES string of the molecule is C=C(OC)C(CC(=O)NCC(C)(C)CNC(=O)CC(NC(C)CC)C(=O)OC)NC(C)CC. The van der Waals surface area contributed by atoms with E-state index in [1.807, 2.05) is 34.6 Å². The number of hydrogen-bond donors (Lipinski definition) is 4. The first kappa shape index (κ1) is 30.9. The maximum absolute atomic E-state index is 12.5. The van der Waals surface area contributed by atoms with Gasteiger partial charge in [-0.15, -0.1) is 0 Å². The summed E-state index contributed by atoms with van der Waals surface area (Å²) in [5.74, 6) is -0.329. The number of rotatable bonds is 17. The van der Waals surface area contributed by atoms with Gasteiger partial charge in [0.15, 0.2) is 0 Å². The van der Waals surface area contributed by atoms with Gasteiger partial charge >= 0.3 is 5.97 Å². The molecule has 0 aliphatic heterocycles. The van der Waals surface area contributed by atoms with Gasteiger partial charge in [-0.05, 0) is 32.1 Å². The fourth-order valence-electron chi connectivity index (χ4n) is 2.94. The van der Waals surface area contributed by atoms with Gasteiger partial charge in [-0.25, -0.2) is 0 Å². The Labute approximate surface area is 199 Å². The first-order valence-electron chi connectivity index (χ1n) is 11.7. The van der Waals surface area contributed by atoms with Crippen LogP contribution in [0, 0.1) is 5.41 Å². The van der Waals surface area contributed by atoms with E-state index in [2.05, 4.69) is 34.8 Å². The van der Waals surface area contributed by atoms with E-state index in [0.29, 0.717) is 18.8 Å². The van der Waals surface area contributed by atoms with Gasteiger partial charge in [0.05, 0.1) is 26.7 Å². The van der Waals surface area contributed by atoms with Crippen molar-refractivity contribution in [1.29, 1.82) is 0 Å². The standard InChI is InChI=1S/C24H46N4O5/c1-10-16(3)27-19(18(5)32-8)12-21(29)25-14-24(6,7)15-26-22(30)13-20(23(31)33-9)28-17(4)11-2/h16-17,19-20,27-28H,5,10-15H2,1-4,6-9H3,(H,25,29)(H,26,30). The third kappa shape index (κ3) is 13.2. The van der Waals surface area contributed by atoms with Crippen LogP contribution in [0.4, 0.5) is 0 Å². The molecule has 0 aromatic heterocycles. The van der Waals surface area contributed by atoms with Crippen molar-refractivity contribution in [3.63, 3.8) is 0 Å². The van der Waals surface area contributed by atoms with Crippen molar-refractivity contribution in [3.8, 4) is 0 Å². The summed E-state index contributed by atoms with van der Waals surface area (Å²) in [4.78, 5) is 36.9. The van der Waals surface area contributed by atoms with Crippen LogP contribution in [-0.2, 0) is 23.9 Å². The molecule has 4 unspecified atom stereocenters. The molecule has 0 aliphatic carbocycles. The molecule has 4 atom stereocenters. The lowest BCUT2D eigenvalue weighted by molar-refractivity contribution is -0.145. The van der Waals surface area contributed by atoms with Gasteiger partial charge in [0.2, 0.25) is 11.8 Å². The van der Waals surface area contributed by atoms with E-state index in [-0.39, 0.29) is 48.2 Å². The normalized spacial score (nSPS) is 15.0. The van der Waals surface area contributed by atoms with Crippen LogP contribution in [0.2, 0.25) is 0 Å². The molecule has 0 spiro atoms. The lowest BCUT2D eigenvalue weighted by Gasteiger charge is -2.27. The number of hydrogen-bond acceptors (Lipinski definition) is 7. The molecule has 0 bridgehead atoms. The van der Waals surface area contributed by atoms with Crippen molar-refractivity contribution in [2.45, 2.75) is 91.4 Å². The molecule has 0 saturated heterocycles. The second-order valence-corrected chi connectivity index (χ2v) is 9.38. The molecule has 0 aromatic carbocycles. The number of nitrogens with one attached hydrogen (secondary N) is 4. The zero-order valence-corrected chi connectivity index (χ0v) is 21.8.